The second-order valence-corrected chi connectivity index (χ2v) is 5.88. The third-order valence-corrected chi connectivity index (χ3v) is 3.60. The molecule has 0 aliphatic heterocycles. The largest absolute Gasteiger partial charge is 0.493 e. The molecule has 0 aliphatic carbocycles. The number of halogens is 2. The molecule has 0 N–H and O–H groups in total. The van der Waals surface area contributed by atoms with E-state index in [0.29, 0.717) is 24.3 Å². The summed E-state index contributed by atoms with van der Waals surface area (Å²) in [6.45, 7) is 3.24. The van der Waals surface area contributed by atoms with Crippen LogP contribution in [0, 0.1) is 5.92 Å². The Balaban J connectivity index is 2.04. The maximum absolute atomic E-state index is 12.9. The summed E-state index contributed by atoms with van der Waals surface area (Å²) in [5, 5.41) is 1.84. The lowest BCUT2D eigenvalue weighted by atomic mass is 10.0. The zero-order chi connectivity index (χ0) is 16.2. The van der Waals surface area contributed by atoms with Crippen LogP contribution in [-0.4, -0.2) is 18.8 Å². The molecule has 0 amide bonds. The number of hydrogen-bond donors (Lipinski definition) is 0. The predicted molar refractivity (Wildman–Crippen MR) is 83.8 cm³/mol. The number of fused-ring (bicyclic) bond motifs is 1. The fourth-order valence-corrected chi connectivity index (χ4v) is 2.29. The van der Waals surface area contributed by atoms with Crippen molar-refractivity contribution in [1.82, 2.24) is 0 Å². The van der Waals surface area contributed by atoms with E-state index in [1.165, 1.54) is 0 Å². The van der Waals surface area contributed by atoms with Crippen LogP contribution in [0.15, 0.2) is 36.4 Å². The molecular weight excluding hydrogens is 286 g/mol. The summed E-state index contributed by atoms with van der Waals surface area (Å²) < 4.78 is 31.5. The molecule has 0 heterocycles. The Labute approximate surface area is 129 Å². The third-order valence-electron chi connectivity index (χ3n) is 3.60. The number of hydrogen-bond acceptors (Lipinski definition) is 2. The van der Waals surface area contributed by atoms with Gasteiger partial charge in [0.25, 0.3) is 0 Å². The molecular formula is C18H20F2O2. The maximum atomic E-state index is 12.9. The Hall–Kier alpha value is -1.97. The molecule has 0 radical (unpaired) electrons. The van der Waals surface area contributed by atoms with Crippen molar-refractivity contribution in [3.63, 3.8) is 0 Å². The van der Waals surface area contributed by atoms with E-state index in [4.69, 9.17) is 4.74 Å². The molecule has 118 valence electrons. The van der Waals surface area contributed by atoms with Gasteiger partial charge in [0.1, 0.15) is 12.0 Å². The molecule has 2 aromatic rings. The lowest BCUT2D eigenvalue weighted by Crippen LogP contribution is -2.15. The maximum Gasteiger partial charge on any atom is 0.245 e. The molecule has 1 atom stereocenters. The van der Waals surface area contributed by atoms with E-state index < -0.39 is 5.92 Å². The van der Waals surface area contributed by atoms with E-state index in [0.717, 1.165) is 24.0 Å². The van der Waals surface area contributed by atoms with E-state index in [1.807, 2.05) is 31.2 Å². The standard InChI is InChI=1S/C18H20F2O2/c1-13(8-9-18(2,19)20)12-22-17-5-3-4-15-10-14(11-21)6-7-16(15)17/h3-7,10-11,13H,8-9,12H2,1-2H3. The molecule has 0 spiro atoms. The van der Waals surface area contributed by atoms with Crippen molar-refractivity contribution in [2.75, 3.05) is 6.61 Å². The smallest absolute Gasteiger partial charge is 0.245 e. The minimum absolute atomic E-state index is 0.0512. The van der Waals surface area contributed by atoms with Crippen LogP contribution in [0.3, 0.4) is 0 Å². The summed E-state index contributed by atoms with van der Waals surface area (Å²) in [7, 11) is 0. The van der Waals surface area contributed by atoms with Crippen molar-refractivity contribution in [2.24, 2.45) is 5.92 Å². The molecule has 0 aromatic heterocycles. The van der Waals surface area contributed by atoms with Crippen LogP contribution in [0.4, 0.5) is 8.78 Å². The van der Waals surface area contributed by atoms with E-state index in [-0.39, 0.29) is 12.3 Å². The number of carbonyl (C=O) groups is 1. The zero-order valence-electron chi connectivity index (χ0n) is 12.8. The highest BCUT2D eigenvalue weighted by Crippen LogP contribution is 2.27. The van der Waals surface area contributed by atoms with Gasteiger partial charge in [0, 0.05) is 17.4 Å². The van der Waals surface area contributed by atoms with Gasteiger partial charge in [-0.05, 0) is 42.8 Å². The first-order valence-electron chi connectivity index (χ1n) is 7.37. The second kappa shape index (κ2) is 6.86. The Bertz CT molecular complexity index is 647. The fraction of sp³-hybridized carbons (Fsp3) is 0.389. The Kier molecular flexibility index (Phi) is 5.11. The average molecular weight is 306 g/mol. The van der Waals surface area contributed by atoms with Crippen LogP contribution in [0.25, 0.3) is 10.8 Å². The number of benzene rings is 2. The van der Waals surface area contributed by atoms with Gasteiger partial charge in [-0.1, -0.05) is 25.1 Å². The first kappa shape index (κ1) is 16.4. The molecule has 2 aromatic carbocycles. The van der Waals surface area contributed by atoms with Gasteiger partial charge in [-0.3, -0.25) is 4.79 Å². The zero-order valence-corrected chi connectivity index (χ0v) is 12.8. The van der Waals surface area contributed by atoms with Gasteiger partial charge in [-0.15, -0.1) is 0 Å². The van der Waals surface area contributed by atoms with Crippen LogP contribution in [-0.2, 0) is 0 Å². The summed E-state index contributed by atoms with van der Waals surface area (Å²) in [5.41, 5.74) is 0.614. The van der Waals surface area contributed by atoms with Crippen molar-refractivity contribution >= 4 is 17.1 Å². The Morgan fingerprint density at radius 3 is 2.73 bits per heavy atom. The summed E-state index contributed by atoms with van der Waals surface area (Å²) >= 11 is 0. The molecule has 0 bridgehead atoms. The summed E-state index contributed by atoms with van der Waals surface area (Å²) in [4.78, 5) is 10.8. The van der Waals surface area contributed by atoms with E-state index in [1.54, 1.807) is 12.1 Å². The van der Waals surface area contributed by atoms with Gasteiger partial charge in [-0.2, -0.15) is 0 Å². The number of aldehydes is 1. The van der Waals surface area contributed by atoms with Gasteiger partial charge in [0.05, 0.1) is 6.61 Å². The molecule has 1 unspecified atom stereocenters. The molecule has 22 heavy (non-hydrogen) atoms. The van der Waals surface area contributed by atoms with Gasteiger partial charge in [0.15, 0.2) is 0 Å². The highest BCUT2D eigenvalue weighted by Gasteiger charge is 2.21. The van der Waals surface area contributed by atoms with Crippen LogP contribution in [0.2, 0.25) is 0 Å². The molecule has 2 nitrogen and oxygen atoms in total. The van der Waals surface area contributed by atoms with Crippen LogP contribution < -0.4 is 4.74 Å². The van der Waals surface area contributed by atoms with E-state index >= 15 is 0 Å². The van der Waals surface area contributed by atoms with Gasteiger partial charge < -0.3 is 4.74 Å². The third kappa shape index (κ3) is 4.52. The highest BCUT2D eigenvalue weighted by atomic mass is 19.3. The number of ether oxygens (including phenoxy) is 1. The van der Waals surface area contributed by atoms with E-state index in [2.05, 4.69) is 0 Å². The van der Waals surface area contributed by atoms with Gasteiger partial charge in [0.2, 0.25) is 5.92 Å². The normalized spacial score (nSPS) is 13.1. The second-order valence-electron chi connectivity index (χ2n) is 5.88. The van der Waals surface area contributed by atoms with Crippen molar-refractivity contribution in [3.05, 3.63) is 42.0 Å². The average Bonchev–Trinajstić information content (AvgIpc) is 2.49. The Morgan fingerprint density at radius 1 is 1.27 bits per heavy atom. The molecule has 0 aliphatic rings. The van der Waals surface area contributed by atoms with Crippen molar-refractivity contribution < 1.29 is 18.3 Å². The fourth-order valence-electron chi connectivity index (χ4n) is 2.29. The molecule has 4 heteroatoms. The molecule has 0 saturated carbocycles. The minimum atomic E-state index is -2.63. The topological polar surface area (TPSA) is 26.3 Å². The summed E-state index contributed by atoms with van der Waals surface area (Å²) in [6, 6.07) is 11.0. The first-order chi connectivity index (χ1) is 10.4. The number of rotatable bonds is 7. The van der Waals surface area contributed by atoms with Crippen LogP contribution in [0.5, 0.6) is 5.75 Å². The number of alkyl halides is 2. The minimum Gasteiger partial charge on any atom is -0.493 e. The summed E-state index contributed by atoms with van der Waals surface area (Å²) in [6.07, 6.45) is 1.10. The number of carbonyl (C=O) groups excluding carboxylic acids is 1. The molecule has 0 fully saturated rings. The lowest BCUT2D eigenvalue weighted by molar-refractivity contribution is 0.00559. The molecule has 2 rings (SSSR count). The lowest BCUT2D eigenvalue weighted by Gasteiger charge is -2.16. The summed E-state index contributed by atoms with van der Waals surface area (Å²) in [5.74, 6) is -1.86. The Morgan fingerprint density at radius 2 is 2.05 bits per heavy atom. The van der Waals surface area contributed by atoms with Crippen LogP contribution >= 0.6 is 0 Å². The van der Waals surface area contributed by atoms with Crippen molar-refractivity contribution in [3.8, 4) is 5.75 Å². The van der Waals surface area contributed by atoms with Crippen molar-refractivity contribution in [2.45, 2.75) is 32.6 Å². The SMILES string of the molecule is CC(CCC(C)(F)F)COc1cccc2cc(C=O)ccc12. The molecule has 0 saturated heterocycles. The quantitative estimate of drug-likeness (QED) is 0.665. The first-order valence-corrected chi connectivity index (χ1v) is 7.37. The van der Waals surface area contributed by atoms with Gasteiger partial charge >= 0.3 is 0 Å². The van der Waals surface area contributed by atoms with E-state index in [9.17, 15) is 13.6 Å². The highest BCUT2D eigenvalue weighted by molar-refractivity contribution is 5.92. The monoisotopic (exact) mass is 306 g/mol. The van der Waals surface area contributed by atoms with Gasteiger partial charge in [-0.25, -0.2) is 8.78 Å². The predicted octanol–water partition coefficient (Wildman–Crippen LogP) is 5.10. The van der Waals surface area contributed by atoms with Crippen LogP contribution in [0.1, 0.15) is 37.0 Å². The van der Waals surface area contributed by atoms with Crippen molar-refractivity contribution in [1.29, 1.82) is 0 Å².